The summed E-state index contributed by atoms with van der Waals surface area (Å²) in [5, 5.41) is 5.21. The van der Waals surface area contributed by atoms with Crippen molar-refractivity contribution in [2.75, 3.05) is 12.3 Å². The molecule has 9 nitrogen and oxygen atoms in total. The molecule has 0 saturated carbocycles. The molecule has 2 aromatic carbocycles. The lowest BCUT2D eigenvalue weighted by Gasteiger charge is -2.09. The number of ether oxygens (including phenoxy) is 1. The predicted molar refractivity (Wildman–Crippen MR) is 131 cm³/mol. The van der Waals surface area contributed by atoms with Gasteiger partial charge in [-0.05, 0) is 42.8 Å². The number of carbonyl (C=O) groups is 1. The summed E-state index contributed by atoms with van der Waals surface area (Å²) in [4.78, 5) is 22.4. The van der Waals surface area contributed by atoms with Gasteiger partial charge in [-0.1, -0.05) is 44.7 Å². The minimum absolute atomic E-state index is 0.0366. The van der Waals surface area contributed by atoms with Crippen molar-refractivity contribution in [3.05, 3.63) is 54.1 Å². The molecular formula is C24H27N5O4S. The SMILES string of the molecule is CCCCCCCOC(=O)c1c(N)n(-c2ccc(S(N)(=O)=O)cc2)c2nc3ccccc3nc12. The molecule has 10 heteroatoms. The molecule has 4 aromatic rings. The van der Waals surface area contributed by atoms with Crippen molar-refractivity contribution in [1.82, 2.24) is 14.5 Å². The minimum Gasteiger partial charge on any atom is -0.462 e. The number of sulfonamides is 1. The molecule has 178 valence electrons. The van der Waals surface area contributed by atoms with Crippen LogP contribution in [0.2, 0.25) is 0 Å². The van der Waals surface area contributed by atoms with Gasteiger partial charge in [0.2, 0.25) is 10.0 Å². The van der Waals surface area contributed by atoms with Crippen LogP contribution in [0.15, 0.2) is 53.4 Å². The highest BCUT2D eigenvalue weighted by molar-refractivity contribution is 7.89. The number of primary sulfonamides is 1. The van der Waals surface area contributed by atoms with Crippen LogP contribution in [0.4, 0.5) is 5.82 Å². The molecule has 0 aliphatic rings. The number of benzene rings is 2. The maximum absolute atomic E-state index is 13.1. The number of hydrogen-bond acceptors (Lipinski definition) is 7. The van der Waals surface area contributed by atoms with Gasteiger partial charge in [0.05, 0.1) is 22.5 Å². The van der Waals surface area contributed by atoms with Crippen LogP contribution in [-0.2, 0) is 14.8 Å². The lowest BCUT2D eigenvalue weighted by Crippen LogP contribution is -2.12. The highest BCUT2D eigenvalue weighted by Crippen LogP contribution is 2.31. The average molecular weight is 482 g/mol. The highest BCUT2D eigenvalue weighted by atomic mass is 32.2. The maximum Gasteiger partial charge on any atom is 0.344 e. The summed E-state index contributed by atoms with van der Waals surface area (Å²) in [7, 11) is -3.85. The molecule has 0 amide bonds. The Hall–Kier alpha value is -3.50. The Morgan fingerprint density at radius 2 is 1.62 bits per heavy atom. The minimum atomic E-state index is -3.85. The van der Waals surface area contributed by atoms with Gasteiger partial charge in [-0.2, -0.15) is 0 Å². The molecular weight excluding hydrogens is 454 g/mol. The Labute approximate surface area is 197 Å². The van der Waals surface area contributed by atoms with Gasteiger partial charge in [-0.3, -0.25) is 4.57 Å². The van der Waals surface area contributed by atoms with Gasteiger partial charge >= 0.3 is 5.97 Å². The Morgan fingerprint density at radius 3 is 2.26 bits per heavy atom. The molecule has 0 aliphatic carbocycles. The van der Waals surface area contributed by atoms with E-state index in [4.69, 9.17) is 15.6 Å². The van der Waals surface area contributed by atoms with E-state index in [1.54, 1.807) is 22.8 Å². The number of nitrogens with zero attached hydrogens (tertiary/aromatic N) is 3. The van der Waals surface area contributed by atoms with Crippen LogP contribution in [0, 0.1) is 0 Å². The molecule has 34 heavy (non-hydrogen) atoms. The van der Waals surface area contributed by atoms with Crippen LogP contribution in [0.25, 0.3) is 27.9 Å². The van der Waals surface area contributed by atoms with Crippen LogP contribution in [-0.4, -0.2) is 35.5 Å². The largest absolute Gasteiger partial charge is 0.462 e. The number of fused-ring (bicyclic) bond motifs is 2. The second kappa shape index (κ2) is 9.78. The zero-order chi connectivity index (χ0) is 24.3. The smallest absolute Gasteiger partial charge is 0.344 e. The van der Waals surface area contributed by atoms with Gasteiger partial charge in [-0.15, -0.1) is 0 Å². The van der Waals surface area contributed by atoms with Gasteiger partial charge in [0, 0.05) is 5.69 Å². The zero-order valence-corrected chi connectivity index (χ0v) is 19.7. The summed E-state index contributed by atoms with van der Waals surface area (Å²) in [5.41, 5.74) is 9.03. The van der Waals surface area contributed by atoms with Gasteiger partial charge in [0.25, 0.3) is 0 Å². The molecule has 2 heterocycles. The predicted octanol–water partition coefficient (Wildman–Crippen LogP) is 3.93. The lowest BCUT2D eigenvalue weighted by molar-refractivity contribution is 0.0501. The van der Waals surface area contributed by atoms with Crippen molar-refractivity contribution in [3.63, 3.8) is 0 Å². The van der Waals surface area contributed by atoms with Gasteiger partial charge in [-0.25, -0.2) is 28.3 Å². The molecule has 0 unspecified atom stereocenters. The van der Waals surface area contributed by atoms with Gasteiger partial charge in [0.15, 0.2) is 5.65 Å². The Morgan fingerprint density at radius 1 is 0.971 bits per heavy atom. The maximum atomic E-state index is 13.1. The lowest BCUT2D eigenvalue weighted by atomic mass is 10.2. The van der Waals surface area contributed by atoms with E-state index in [0.29, 0.717) is 34.5 Å². The fourth-order valence-corrected chi connectivity index (χ4v) is 4.37. The first-order valence-corrected chi connectivity index (χ1v) is 12.7. The topological polar surface area (TPSA) is 143 Å². The fraction of sp³-hybridized carbons (Fsp3) is 0.292. The molecule has 0 aliphatic heterocycles. The third kappa shape index (κ3) is 4.73. The number of esters is 1. The number of para-hydroxylation sites is 2. The number of nitrogen functional groups attached to an aromatic ring is 1. The van der Waals surface area contributed by atoms with Gasteiger partial charge < -0.3 is 10.5 Å². The molecule has 0 radical (unpaired) electrons. The molecule has 0 spiro atoms. The molecule has 4 N–H and O–H groups in total. The van der Waals surface area contributed by atoms with Crippen LogP contribution in [0.1, 0.15) is 49.4 Å². The second-order valence-corrected chi connectivity index (χ2v) is 9.63. The van der Waals surface area contributed by atoms with Gasteiger partial charge in [0.1, 0.15) is 16.9 Å². The van der Waals surface area contributed by atoms with E-state index in [9.17, 15) is 13.2 Å². The third-order valence-corrected chi connectivity index (χ3v) is 6.54. The molecule has 0 saturated heterocycles. The van der Waals surface area contributed by atoms with Crippen molar-refractivity contribution >= 4 is 44.0 Å². The summed E-state index contributed by atoms with van der Waals surface area (Å²) in [6.07, 6.45) is 5.15. The third-order valence-electron chi connectivity index (χ3n) is 5.61. The second-order valence-electron chi connectivity index (χ2n) is 8.07. The monoisotopic (exact) mass is 481 g/mol. The normalized spacial score (nSPS) is 11.8. The molecule has 2 aromatic heterocycles. The highest BCUT2D eigenvalue weighted by Gasteiger charge is 2.26. The van der Waals surface area contributed by atoms with Crippen LogP contribution < -0.4 is 10.9 Å². The zero-order valence-electron chi connectivity index (χ0n) is 18.9. The summed E-state index contributed by atoms with van der Waals surface area (Å²) >= 11 is 0. The first-order chi connectivity index (χ1) is 16.3. The summed E-state index contributed by atoms with van der Waals surface area (Å²) < 4.78 is 30.4. The van der Waals surface area contributed by atoms with Crippen molar-refractivity contribution in [3.8, 4) is 5.69 Å². The van der Waals surface area contributed by atoms with Crippen molar-refractivity contribution in [1.29, 1.82) is 0 Å². The first kappa shape index (κ1) is 23.7. The van der Waals surface area contributed by atoms with E-state index in [-0.39, 0.29) is 16.3 Å². The van der Waals surface area contributed by atoms with Crippen molar-refractivity contribution in [2.45, 2.75) is 43.9 Å². The van der Waals surface area contributed by atoms with Crippen LogP contribution in [0.5, 0.6) is 0 Å². The standard InChI is InChI=1S/C24H27N5O4S/c1-2-3-4-5-8-15-33-24(30)20-21-23(28-19-10-7-6-9-18(19)27-21)29(22(20)25)16-11-13-17(14-12-16)34(26,31)32/h6-7,9-14H,2-5,8,15,25H2,1H3,(H2,26,31,32). The first-order valence-electron chi connectivity index (χ1n) is 11.2. The van der Waals surface area contributed by atoms with E-state index in [2.05, 4.69) is 16.9 Å². The van der Waals surface area contributed by atoms with Crippen molar-refractivity contribution in [2.24, 2.45) is 5.14 Å². The summed E-state index contributed by atoms with van der Waals surface area (Å²) in [6, 6.07) is 13.1. The van der Waals surface area contributed by atoms with Crippen molar-refractivity contribution < 1.29 is 17.9 Å². The summed E-state index contributed by atoms with van der Waals surface area (Å²) in [6.45, 7) is 2.44. The van der Waals surface area contributed by atoms with Crippen LogP contribution >= 0.6 is 0 Å². The van der Waals surface area contributed by atoms with E-state index in [1.807, 2.05) is 18.2 Å². The number of rotatable bonds is 9. The molecule has 0 atom stereocenters. The van der Waals surface area contributed by atoms with E-state index >= 15 is 0 Å². The number of carbonyl (C=O) groups excluding carboxylic acids is 1. The number of unbranched alkanes of at least 4 members (excludes halogenated alkanes) is 4. The quantitative estimate of drug-likeness (QED) is 0.272. The number of aromatic nitrogens is 3. The fourth-order valence-electron chi connectivity index (χ4n) is 3.85. The number of hydrogen-bond donors (Lipinski definition) is 2. The molecule has 0 bridgehead atoms. The number of anilines is 1. The van der Waals surface area contributed by atoms with Crippen LogP contribution in [0.3, 0.4) is 0 Å². The Bertz CT molecular complexity index is 1450. The Kier molecular flexibility index (Phi) is 6.80. The molecule has 4 rings (SSSR count). The van der Waals surface area contributed by atoms with E-state index in [1.165, 1.54) is 12.1 Å². The molecule has 0 fully saturated rings. The number of nitrogens with two attached hydrogens (primary N) is 2. The Balaban J connectivity index is 1.77. The summed E-state index contributed by atoms with van der Waals surface area (Å²) in [5.74, 6) is -0.452. The van der Waals surface area contributed by atoms with E-state index < -0.39 is 16.0 Å². The van der Waals surface area contributed by atoms with E-state index in [0.717, 1.165) is 32.1 Å². The average Bonchev–Trinajstić information content (AvgIpc) is 3.09.